The van der Waals surface area contributed by atoms with Crippen molar-refractivity contribution in [2.45, 2.75) is 26.5 Å². The third-order valence-electron chi connectivity index (χ3n) is 4.46. The van der Waals surface area contributed by atoms with Crippen molar-refractivity contribution in [1.29, 1.82) is 0 Å². The van der Waals surface area contributed by atoms with Gasteiger partial charge in [-0.15, -0.1) is 24.0 Å². The summed E-state index contributed by atoms with van der Waals surface area (Å²) in [6.07, 6.45) is -0.684. The van der Waals surface area contributed by atoms with Gasteiger partial charge in [-0.25, -0.2) is 4.99 Å². The number of aliphatic imine (C=N–C) groups is 1. The first-order chi connectivity index (χ1) is 14.6. The van der Waals surface area contributed by atoms with Gasteiger partial charge in [0.1, 0.15) is 18.1 Å². The molecule has 0 aromatic heterocycles. The topological polar surface area (TPSA) is 84.3 Å². The van der Waals surface area contributed by atoms with Crippen LogP contribution in [0.15, 0.2) is 47.5 Å². The summed E-state index contributed by atoms with van der Waals surface area (Å²) in [4.78, 5) is 4.65. The maximum atomic E-state index is 10.5. The monoisotopic (exact) mass is 543 g/mol. The number of ether oxygens (including phenoxy) is 3. The maximum absolute atomic E-state index is 10.5. The predicted octanol–water partition coefficient (Wildman–Crippen LogP) is 3.44. The number of hydrogen-bond donors (Lipinski definition) is 3. The minimum atomic E-state index is -0.684. The number of hydrogen-bond acceptors (Lipinski definition) is 5. The molecule has 0 aliphatic rings. The lowest BCUT2D eigenvalue weighted by Crippen LogP contribution is -2.39. The van der Waals surface area contributed by atoms with Crippen LogP contribution in [0.2, 0.25) is 0 Å². The molecule has 2 rings (SSSR count). The van der Waals surface area contributed by atoms with Crippen molar-refractivity contribution in [2.24, 2.45) is 4.99 Å². The Hall–Kier alpha value is -2.04. The Morgan fingerprint density at radius 3 is 2.61 bits per heavy atom. The van der Waals surface area contributed by atoms with Crippen LogP contribution in [0.4, 0.5) is 0 Å². The van der Waals surface area contributed by atoms with Crippen LogP contribution >= 0.6 is 24.0 Å². The van der Waals surface area contributed by atoms with Crippen LogP contribution in [-0.4, -0.2) is 51.6 Å². The first-order valence-corrected chi connectivity index (χ1v) is 10.1. The Labute approximate surface area is 202 Å². The smallest absolute Gasteiger partial charge is 0.191 e. The van der Waals surface area contributed by atoms with E-state index in [1.807, 2.05) is 56.3 Å². The fourth-order valence-corrected chi connectivity index (χ4v) is 2.83. The molecule has 0 amide bonds. The zero-order valence-corrected chi connectivity index (χ0v) is 21.0. The molecule has 3 N–H and O–H groups in total. The van der Waals surface area contributed by atoms with Crippen molar-refractivity contribution in [2.75, 3.05) is 40.5 Å². The van der Waals surface area contributed by atoms with Crippen LogP contribution in [0.1, 0.15) is 29.7 Å². The largest absolute Gasteiger partial charge is 0.497 e. The summed E-state index contributed by atoms with van der Waals surface area (Å²) in [5.41, 5.74) is 2.90. The van der Waals surface area contributed by atoms with E-state index in [4.69, 9.17) is 14.2 Å². The van der Waals surface area contributed by atoms with Crippen LogP contribution in [0.5, 0.6) is 11.5 Å². The molecule has 0 spiro atoms. The van der Waals surface area contributed by atoms with Gasteiger partial charge in [-0.05, 0) is 43.2 Å². The fourth-order valence-electron chi connectivity index (χ4n) is 2.83. The maximum Gasteiger partial charge on any atom is 0.191 e. The Kier molecular flexibility index (Phi) is 13.0. The molecule has 1 atom stereocenters. The molecular weight excluding hydrogens is 509 g/mol. The van der Waals surface area contributed by atoms with Crippen LogP contribution in [-0.2, 0) is 11.3 Å². The van der Waals surface area contributed by atoms with E-state index in [1.54, 1.807) is 14.2 Å². The van der Waals surface area contributed by atoms with Crippen LogP contribution < -0.4 is 20.1 Å². The third-order valence-corrected chi connectivity index (χ3v) is 4.46. The van der Waals surface area contributed by atoms with Gasteiger partial charge in [-0.1, -0.05) is 24.3 Å². The quantitative estimate of drug-likeness (QED) is 0.174. The molecule has 0 bridgehead atoms. The zero-order chi connectivity index (χ0) is 21.8. The number of benzene rings is 2. The van der Waals surface area contributed by atoms with E-state index in [1.165, 1.54) is 0 Å². The molecule has 7 nitrogen and oxygen atoms in total. The summed E-state index contributed by atoms with van der Waals surface area (Å²) < 4.78 is 16.1. The number of rotatable bonds is 11. The van der Waals surface area contributed by atoms with Gasteiger partial charge >= 0.3 is 0 Å². The highest BCUT2D eigenvalue weighted by Crippen LogP contribution is 2.21. The average molecular weight is 543 g/mol. The molecular formula is C23H34IN3O4. The molecule has 0 heterocycles. The number of nitrogens with one attached hydrogen (secondary N) is 2. The summed E-state index contributed by atoms with van der Waals surface area (Å²) in [5.74, 6) is 2.15. The number of aryl methyl sites for hydroxylation is 1. The third kappa shape index (κ3) is 9.32. The summed E-state index contributed by atoms with van der Waals surface area (Å²) in [6.45, 7) is 6.54. The summed E-state index contributed by atoms with van der Waals surface area (Å²) in [6, 6.07) is 13.5. The molecule has 0 aliphatic heterocycles. The van der Waals surface area contributed by atoms with Crippen LogP contribution in [0, 0.1) is 6.92 Å². The van der Waals surface area contributed by atoms with E-state index >= 15 is 0 Å². The molecule has 1 unspecified atom stereocenters. The Balaban J connectivity index is 0.00000480. The van der Waals surface area contributed by atoms with Gasteiger partial charge in [0.15, 0.2) is 5.96 Å². The number of guanidine groups is 1. The van der Waals surface area contributed by atoms with Crippen LogP contribution in [0.3, 0.4) is 0 Å². The molecule has 0 saturated carbocycles. The van der Waals surface area contributed by atoms with Gasteiger partial charge in [0, 0.05) is 25.8 Å². The second-order valence-electron chi connectivity index (χ2n) is 6.82. The molecule has 2 aromatic rings. The number of nitrogens with zero attached hydrogens (tertiary/aromatic N) is 1. The highest BCUT2D eigenvalue weighted by atomic mass is 127. The predicted molar refractivity (Wildman–Crippen MR) is 135 cm³/mol. The number of halogens is 1. The molecule has 31 heavy (non-hydrogen) atoms. The summed E-state index contributed by atoms with van der Waals surface area (Å²) in [7, 11) is 3.26. The van der Waals surface area contributed by atoms with Crippen molar-refractivity contribution < 1.29 is 19.3 Å². The van der Waals surface area contributed by atoms with Crippen molar-refractivity contribution in [3.05, 3.63) is 59.2 Å². The molecule has 0 radical (unpaired) electrons. The highest BCUT2D eigenvalue weighted by molar-refractivity contribution is 14.0. The Morgan fingerprint density at radius 2 is 1.90 bits per heavy atom. The average Bonchev–Trinajstić information content (AvgIpc) is 2.76. The van der Waals surface area contributed by atoms with Crippen molar-refractivity contribution in [1.82, 2.24) is 10.6 Å². The van der Waals surface area contributed by atoms with E-state index in [9.17, 15) is 5.11 Å². The number of methoxy groups -OCH3 is 2. The standard InChI is InChI=1S/C23H33N3O4.HI/c1-5-24-23(26-16-21(27)18-7-6-8-20(14-18)29-4)25-15-19-10-9-17(2)13-22(19)30-12-11-28-3;/h6-10,13-14,21,27H,5,11-12,15-16H2,1-4H3,(H2,24,25,26);1H. The highest BCUT2D eigenvalue weighted by Gasteiger charge is 2.10. The minimum Gasteiger partial charge on any atom is -0.497 e. The van der Waals surface area contributed by atoms with Crippen LogP contribution in [0.25, 0.3) is 0 Å². The van der Waals surface area contributed by atoms with E-state index in [-0.39, 0.29) is 24.0 Å². The minimum absolute atomic E-state index is 0. The molecule has 2 aromatic carbocycles. The lowest BCUT2D eigenvalue weighted by Gasteiger charge is -2.16. The van der Waals surface area contributed by atoms with Gasteiger partial charge in [0.2, 0.25) is 0 Å². The van der Waals surface area contributed by atoms with Crippen molar-refractivity contribution in [3.63, 3.8) is 0 Å². The Morgan fingerprint density at radius 1 is 1.10 bits per heavy atom. The number of aliphatic hydroxyl groups is 1. The van der Waals surface area contributed by atoms with Crippen molar-refractivity contribution in [3.8, 4) is 11.5 Å². The summed E-state index contributed by atoms with van der Waals surface area (Å²) in [5, 5.41) is 16.9. The lowest BCUT2D eigenvalue weighted by molar-refractivity contribution is 0.145. The van der Waals surface area contributed by atoms with E-state index in [2.05, 4.69) is 15.6 Å². The SMILES string of the molecule is CCNC(=NCc1ccc(C)cc1OCCOC)NCC(O)c1cccc(OC)c1.I. The molecule has 0 saturated heterocycles. The van der Waals surface area contributed by atoms with Gasteiger partial charge < -0.3 is 30.0 Å². The van der Waals surface area contributed by atoms with Gasteiger partial charge in [0.25, 0.3) is 0 Å². The fraction of sp³-hybridized carbons (Fsp3) is 0.435. The van der Waals surface area contributed by atoms with Gasteiger partial charge in [-0.2, -0.15) is 0 Å². The Bertz CT molecular complexity index is 817. The number of aliphatic hydroxyl groups excluding tert-OH is 1. The van der Waals surface area contributed by atoms with E-state index < -0.39 is 6.10 Å². The van der Waals surface area contributed by atoms with E-state index in [0.717, 1.165) is 22.4 Å². The molecule has 8 heteroatoms. The normalized spacial score (nSPS) is 12.0. The molecule has 0 fully saturated rings. The van der Waals surface area contributed by atoms with E-state index in [0.29, 0.717) is 44.6 Å². The van der Waals surface area contributed by atoms with Gasteiger partial charge in [0.05, 0.1) is 26.4 Å². The second-order valence-corrected chi connectivity index (χ2v) is 6.82. The summed E-state index contributed by atoms with van der Waals surface area (Å²) >= 11 is 0. The van der Waals surface area contributed by atoms with Crippen molar-refractivity contribution >= 4 is 29.9 Å². The van der Waals surface area contributed by atoms with Gasteiger partial charge in [-0.3, -0.25) is 0 Å². The second kappa shape index (κ2) is 14.9. The molecule has 0 aliphatic carbocycles. The lowest BCUT2D eigenvalue weighted by atomic mass is 10.1. The first kappa shape index (κ1) is 27.0. The molecule has 172 valence electrons. The zero-order valence-electron chi connectivity index (χ0n) is 18.7. The first-order valence-electron chi connectivity index (χ1n) is 10.1.